The summed E-state index contributed by atoms with van der Waals surface area (Å²) in [6.07, 6.45) is 8.81. The number of nitrogens with two attached hydrogens (primary N) is 1. The van der Waals surface area contributed by atoms with E-state index in [0.29, 0.717) is 11.7 Å². The van der Waals surface area contributed by atoms with Crippen molar-refractivity contribution < 1.29 is 9.90 Å². The second-order valence-electron chi connectivity index (χ2n) is 5.08. The van der Waals surface area contributed by atoms with Crippen LogP contribution in [0.3, 0.4) is 0 Å². The molecule has 0 amide bonds. The largest absolute Gasteiger partial charge is 0.480 e. The zero-order valence-corrected chi connectivity index (χ0v) is 11.8. The Balaban J connectivity index is 1.93. The molecule has 1 fully saturated rings. The maximum atomic E-state index is 10.8. The highest BCUT2D eigenvalue weighted by molar-refractivity contribution is 7.13. The van der Waals surface area contributed by atoms with E-state index in [1.54, 1.807) is 5.38 Å². The summed E-state index contributed by atoms with van der Waals surface area (Å²) in [5, 5.41) is 14.8. The van der Waals surface area contributed by atoms with Crippen molar-refractivity contribution in [2.75, 3.05) is 5.32 Å². The van der Waals surface area contributed by atoms with E-state index >= 15 is 0 Å². The minimum absolute atomic E-state index is 0.436. The summed E-state index contributed by atoms with van der Waals surface area (Å²) in [6.45, 7) is 0. The van der Waals surface area contributed by atoms with Crippen molar-refractivity contribution in [1.29, 1.82) is 0 Å². The van der Waals surface area contributed by atoms with Gasteiger partial charge in [0.15, 0.2) is 5.13 Å². The molecular weight excluding hydrogens is 262 g/mol. The molecule has 1 atom stereocenters. The van der Waals surface area contributed by atoms with Crippen molar-refractivity contribution >= 4 is 22.4 Å². The fourth-order valence-corrected chi connectivity index (χ4v) is 3.22. The molecule has 0 saturated heterocycles. The molecule has 1 aromatic rings. The van der Waals surface area contributed by atoms with Crippen molar-refractivity contribution in [3.63, 3.8) is 0 Å². The van der Waals surface area contributed by atoms with Gasteiger partial charge in [0, 0.05) is 11.4 Å². The Kier molecular flexibility index (Phi) is 5.15. The molecule has 19 heavy (non-hydrogen) atoms. The van der Waals surface area contributed by atoms with E-state index in [-0.39, 0.29) is 0 Å². The van der Waals surface area contributed by atoms with E-state index in [0.717, 1.165) is 5.13 Å². The molecule has 1 aromatic heterocycles. The molecule has 1 aliphatic carbocycles. The number of nitrogens with one attached hydrogen (secondary N) is 1. The number of thiazole rings is 1. The number of rotatable bonds is 4. The van der Waals surface area contributed by atoms with Crippen LogP contribution in [-0.2, 0) is 4.79 Å². The first-order valence-electron chi connectivity index (χ1n) is 6.87. The van der Waals surface area contributed by atoms with E-state index in [2.05, 4.69) is 10.3 Å². The lowest BCUT2D eigenvalue weighted by atomic mass is 9.97. The highest BCUT2D eigenvalue weighted by Gasteiger charge is 2.19. The van der Waals surface area contributed by atoms with Crippen LogP contribution in [0.2, 0.25) is 0 Å². The summed E-state index contributed by atoms with van der Waals surface area (Å²) in [5.74, 6) is -1.04. The van der Waals surface area contributed by atoms with Crippen LogP contribution >= 0.6 is 11.3 Å². The summed E-state index contributed by atoms with van der Waals surface area (Å²) >= 11 is 1.44. The number of aromatic nitrogens is 1. The molecule has 0 radical (unpaired) electrons. The lowest BCUT2D eigenvalue weighted by Gasteiger charge is -2.20. The van der Waals surface area contributed by atoms with Crippen LogP contribution in [0.15, 0.2) is 5.38 Å². The van der Waals surface area contributed by atoms with Gasteiger partial charge in [-0.25, -0.2) is 4.98 Å². The van der Waals surface area contributed by atoms with Crippen molar-refractivity contribution in [3.8, 4) is 0 Å². The van der Waals surface area contributed by atoms with Crippen molar-refractivity contribution in [1.82, 2.24) is 4.98 Å². The van der Waals surface area contributed by atoms with Crippen LogP contribution in [-0.4, -0.2) is 22.1 Å². The van der Waals surface area contributed by atoms with Crippen LogP contribution in [0, 0.1) is 0 Å². The molecular formula is C13H21N3O2S. The number of carboxylic acids is 1. The second-order valence-corrected chi connectivity index (χ2v) is 5.94. The van der Waals surface area contributed by atoms with Gasteiger partial charge in [-0.15, -0.1) is 11.3 Å². The molecule has 106 valence electrons. The highest BCUT2D eigenvalue weighted by Crippen LogP contribution is 2.24. The molecule has 6 heteroatoms. The Bertz CT molecular complexity index is 414. The summed E-state index contributed by atoms with van der Waals surface area (Å²) in [4.78, 5) is 15.1. The van der Waals surface area contributed by atoms with Gasteiger partial charge in [-0.1, -0.05) is 32.1 Å². The third-order valence-electron chi connectivity index (χ3n) is 3.54. The quantitative estimate of drug-likeness (QED) is 0.790. The Morgan fingerprint density at radius 1 is 1.37 bits per heavy atom. The first-order valence-corrected chi connectivity index (χ1v) is 7.75. The lowest BCUT2D eigenvalue weighted by molar-refractivity contribution is -0.138. The Morgan fingerprint density at radius 2 is 2.00 bits per heavy atom. The topological polar surface area (TPSA) is 88.2 Å². The molecule has 1 unspecified atom stereocenters. The van der Waals surface area contributed by atoms with Crippen LogP contribution in [0.4, 0.5) is 5.13 Å². The van der Waals surface area contributed by atoms with Gasteiger partial charge in [-0.3, -0.25) is 4.79 Å². The minimum Gasteiger partial charge on any atom is -0.480 e. The van der Waals surface area contributed by atoms with Crippen molar-refractivity contribution in [2.24, 2.45) is 5.73 Å². The number of carbonyl (C=O) groups is 1. The van der Waals surface area contributed by atoms with Gasteiger partial charge >= 0.3 is 5.97 Å². The number of hydrogen-bond acceptors (Lipinski definition) is 5. The molecule has 5 nitrogen and oxygen atoms in total. The highest BCUT2D eigenvalue weighted by atomic mass is 32.1. The van der Waals surface area contributed by atoms with E-state index in [1.165, 1.54) is 56.3 Å². The van der Waals surface area contributed by atoms with Gasteiger partial charge in [0.1, 0.15) is 6.04 Å². The Hall–Kier alpha value is -1.14. The minimum atomic E-state index is -1.04. The summed E-state index contributed by atoms with van der Waals surface area (Å²) in [6, 6.07) is -0.565. The number of hydrogen-bond donors (Lipinski definition) is 3. The first kappa shape index (κ1) is 14.3. The maximum absolute atomic E-state index is 10.8. The molecule has 4 N–H and O–H groups in total. The lowest BCUT2D eigenvalue weighted by Crippen LogP contribution is -2.22. The maximum Gasteiger partial charge on any atom is 0.326 e. The number of anilines is 1. The third-order valence-corrected chi connectivity index (χ3v) is 4.33. The van der Waals surface area contributed by atoms with E-state index in [9.17, 15) is 4.79 Å². The van der Waals surface area contributed by atoms with Gasteiger partial charge in [-0.2, -0.15) is 0 Å². The predicted molar refractivity (Wildman–Crippen MR) is 76.4 cm³/mol. The number of carboxylic acid groups (broad SMARTS) is 1. The fourth-order valence-electron chi connectivity index (χ4n) is 2.40. The predicted octanol–water partition coefficient (Wildman–Crippen LogP) is 2.75. The first-order chi connectivity index (χ1) is 9.16. The van der Waals surface area contributed by atoms with E-state index in [4.69, 9.17) is 10.8 Å². The number of aliphatic carboxylic acids is 1. The standard InChI is InChI=1S/C13H21N3O2S/c14-11(12(17)18)10-8-19-13(16-10)15-9-6-4-2-1-3-5-7-9/h8-9,11H,1-7,14H2,(H,15,16)(H,17,18). The average Bonchev–Trinajstić information content (AvgIpc) is 2.79. The molecule has 2 rings (SSSR count). The summed E-state index contributed by atoms with van der Waals surface area (Å²) in [5.41, 5.74) is 5.98. The molecule has 1 saturated carbocycles. The van der Waals surface area contributed by atoms with Gasteiger partial charge in [0.2, 0.25) is 0 Å². The van der Waals surface area contributed by atoms with Crippen LogP contribution < -0.4 is 11.1 Å². The summed E-state index contributed by atoms with van der Waals surface area (Å²) < 4.78 is 0. The molecule has 0 spiro atoms. The van der Waals surface area contributed by atoms with Crippen molar-refractivity contribution in [2.45, 2.75) is 57.0 Å². The van der Waals surface area contributed by atoms with E-state index < -0.39 is 12.0 Å². The molecule has 0 aliphatic heterocycles. The summed E-state index contributed by atoms with van der Waals surface area (Å²) in [7, 11) is 0. The zero-order valence-electron chi connectivity index (χ0n) is 11.0. The van der Waals surface area contributed by atoms with Gasteiger partial charge in [0.05, 0.1) is 5.69 Å². The molecule has 0 aromatic carbocycles. The molecule has 1 heterocycles. The molecule has 1 aliphatic rings. The second kappa shape index (κ2) is 6.86. The molecule has 0 bridgehead atoms. The normalized spacial score (nSPS) is 19.4. The fraction of sp³-hybridized carbons (Fsp3) is 0.692. The van der Waals surface area contributed by atoms with Gasteiger partial charge < -0.3 is 16.2 Å². The van der Waals surface area contributed by atoms with Crippen LogP contribution in [0.1, 0.15) is 56.7 Å². The Morgan fingerprint density at radius 3 is 2.63 bits per heavy atom. The van der Waals surface area contributed by atoms with Gasteiger partial charge in [0.25, 0.3) is 0 Å². The SMILES string of the molecule is NC(C(=O)O)c1csc(NC2CCCCCCC2)n1. The number of nitrogens with zero attached hydrogens (tertiary/aromatic N) is 1. The van der Waals surface area contributed by atoms with Gasteiger partial charge in [-0.05, 0) is 12.8 Å². The third kappa shape index (κ3) is 4.18. The van der Waals surface area contributed by atoms with Crippen LogP contribution in [0.5, 0.6) is 0 Å². The smallest absolute Gasteiger partial charge is 0.326 e. The van der Waals surface area contributed by atoms with Crippen LogP contribution in [0.25, 0.3) is 0 Å². The Labute approximate surface area is 117 Å². The zero-order chi connectivity index (χ0) is 13.7. The van der Waals surface area contributed by atoms with E-state index in [1.807, 2.05) is 0 Å². The average molecular weight is 283 g/mol. The monoisotopic (exact) mass is 283 g/mol. The van der Waals surface area contributed by atoms with Crippen molar-refractivity contribution in [3.05, 3.63) is 11.1 Å².